The van der Waals surface area contributed by atoms with E-state index in [0.717, 1.165) is 29.5 Å². The first kappa shape index (κ1) is 43.7. The molecular weight excluding hydrogens is 861 g/mol. The third-order valence-electron chi connectivity index (χ3n) is 7.29. The molecule has 0 aromatic carbocycles. The molecule has 5 rings (SSSR count). The lowest BCUT2D eigenvalue weighted by atomic mass is 10.1. The first-order valence-electron chi connectivity index (χ1n) is 14.6. The summed E-state index contributed by atoms with van der Waals surface area (Å²) in [7, 11) is -29.7. The van der Waals surface area contributed by atoms with Crippen LogP contribution in [0.1, 0.15) is 12.5 Å². The van der Waals surface area contributed by atoms with Crippen LogP contribution in [-0.2, 0) is 54.3 Å². The Labute approximate surface area is 303 Å². The lowest BCUT2D eigenvalue weighted by Crippen LogP contribution is -2.37. The highest BCUT2D eigenvalue weighted by Gasteiger charge is 2.50. The quantitative estimate of drug-likeness (QED) is 0.0635. The molecule has 0 radical (unpaired) electrons. The summed E-state index contributed by atoms with van der Waals surface area (Å²) in [5, 5.41) is 41.3. The number of hydrogen-bond acceptors (Lipinski definition) is 22. The summed E-state index contributed by atoms with van der Waals surface area (Å²) >= 11 is 0. The van der Waals surface area contributed by atoms with Crippen LogP contribution in [0.5, 0.6) is 0 Å². The van der Waals surface area contributed by atoms with Crippen molar-refractivity contribution in [1.29, 1.82) is 0 Å². The summed E-state index contributed by atoms with van der Waals surface area (Å²) in [5.41, 5.74) is 3.97. The van der Waals surface area contributed by atoms with Crippen LogP contribution in [0.3, 0.4) is 0 Å². The maximum absolute atomic E-state index is 12.5. The Balaban J connectivity index is 1.13. The number of nitrogens with two attached hydrogens (primary N) is 1. The van der Waals surface area contributed by atoms with Crippen molar-refractivity contribution in [2.24, 2.45) is 0 Å². The predicted molar refractivity (Wildman–Crippen MR) is 172 cm³/mol. The average Bonchev–Trinajstić information content (AvgIpc) is 3.67. The number of rotatable bonds is 16. The lowest BCUT2D eigenvalue weighted by Gasteiger charge is -2.22. The van der Waals surface area contributed by atoms with E-state index in [9.17, 15) is 77.3 Å². The van der Waals surface area contributed by atoms with Crippen molar-refractivity contribution >= 4 is 55.6 Å². The van der Waals surface area contributed by atoms with Gasteiger partial charge in [0.05, 0.1) is 19.5 Å². The second-order valence-electron chi connectivity index (χ2n) is 11.4. The minimum atomic E-state index is -6.24. The number of phosphoric ester groups is 2. The number of aliphatic hydroxyl groups is 4. The number of aromatic amines is 1. The van der Waals surface area contributed by atoms with E-state index < -0.39 is 118 Å². The highest BCUT2D eigenvalue weighted by Crippen LogP contribution is 2.72. The number of hydrogen-bond donors (Lipinski definition) is 11. The fraction of sp³-hybridized carbons (Fsp3) is 0.550. The van der Waals surface area contributed by atoms with Crippen LogP contribution in [-0.4, -0.2) is 130 Å². The van der Waals surface area contributed by atoms with Crippen molar-refractivity contribution in [3.8, 4) is 0 Å². The minimum absolute atomic E-state index is 0.0340. The van der Waals surface area contributed by atoms with Gasteiger partial charge in [0.15, 0.2) is 29.8 Å². The smallest absolute Gasteiger partial charge is 0.387 e. The molecule has 13 atom stereocenters. The SMILES string of the molecule is Nc1ncnc2c1ncn2[C@@H]1O[C@H](COP(=O)(O)OP(=O)(O)CP(=O)(O)OP(=O)(O)OP(=O)(O)OC[C@H]2O[C@@H](n3ccc(=O)[nH]c3=O)[C@@H](O)C2O)C(O)C1O. The summed E-state index contributed by atoms with van der Waals surface area (Å²) in [5.74, 6) is -2.28. The van der Waals surface area contributed by atoms with Crippen molar-refractivity contribution in [2.75, 3.05) is 24.9 Å². The molecule has 2 aliphatic rings. The van der Waals surface area contributed by atoms with Gasteiger partial charge in [0, 0.05) is 12.3 Å². The number of nitrogens with one attached hydrogen (secondary N) is 1. The molecule has 5 heterocycles. The molecule has 0 amide bonds. The molecule has 3 aromatic rings. The van der Waals surface area contributed by atoms with Crippen LogP contribution in [0, 0.1) is 0 Å². The molecule has 0 saturated carbocycles. The molecular formula is C20H30N7O23P5. The standard InChI is InChI=1S/C20H30N7O23P5/c21-16-11-17(23-5-22-16)27(6-24-11)19-15(32)13(30)9(47-19)3-44-53(38,39)48-51(34,35)7-52(36,37)49-55(42,43)50-54(40,41)45-4-8-12(29)14(31)18(46-8)26-2-1-10(28)25-20(26)33/h1-2,5-6,8-9,12-15,18-19,29-32H,3-4,7H2,(H,34,35)(H,36,37)(H,38,39)(H,40,41)(H,42,43)(H2,21,22,23)(H,25,28,33)/t8-,9-,12?,13?,14+,15?,18-,19-/m1/s1. The van der Waals surface area contributed by atoms with Gasteiger partial charge in [-0.25, -0.2) is 42.1 Å². The Morgan fingerprint density at radius 1 is 0.727 bits per heavy atom. The highest BCUT2D eigenvalue weighted by atomic mass is 31.3. The molecule has 55 heavy (non-hydrogen) atoms. The van der Waals surface area contributed by atoms with Crippen LogP contribution in [0.25, 0.3) is 11.2 Å². The van der Waals surface area contributed by atoms with Gasteiger partial charge in [-0.3, -0.25) is 37.1 Å². The second-order valence-corrected chi connectivity index (χ2v) is 20.3. The number of ether oxygens (including phenoxy) is 2. The molecule has 2 saturated heterocycles. The van der Waals surface area contributed by atoms with Crippen LogP contribution in [0.2, 0.25) is 0 Å². The maximum Gasteiger partial charge on any atom is 0.488 e. The summed E-state index contributed by atoms with van der Waals surface area (Å²) in [6.45, 7) is -2.35. The molecule has 0 aliphatic carbocycles. The largest absolute Gasteiger partial charge is 0.488 e. The van der Waals surface area contributed by atoms with Gasteiger partial charge >= 0.3 is 44.3 Å². The molecule has 12 N–H and O–H groups in total. The van der Waals surface area contributed by atoms with Crippen molar-refractivity contribution in [3.05, 3.63) is 45.8 Å². The molecule has 8 unspecified atom stereocenters. The summed E-state index contributed by atoms with van der Waals surface area (Å²) < 4.78 is 95.1. The van der Waals surface area contributed by atoms with Crippen LogP contribution >= 0.6 is 38.7 Å². The van der Waals surface area contributed by atoms with Crippen LogP contribution in [0.4, 0.5) is 5.82 Å². The Morgan fingerprint density at radius 2 is 1.24 bits per heavy atom. The van der Waals surface area contributed by atoms with Crippen molar-refractivity contribution in [3.63, 3.8) is 0 Å². The first-order chi connectivity index (χ1) is 25.3. The number of phosphoric acid groups is 3. The molecule has 35 heteroatoms. The zero-order chi connectivity index (χ0) is 40.9. The number of nitrogens with zero attached hydrogens (tertiary/aromatic N) is 5. The lowest BCUT2D eigenvalue weighted by molar-refractivity contribution is -0.0542. The van der Waals surface area contributed by atoms with Gasteiger partial charge in [-0.2, -0.15) is 4.31 Å². The predicted octanol–water partition coefficient (Wildman–Crippen LogP) is -3.09. The fourth-order valence-electron chi connectivity index (χ4n) is 5.00. The van der Waals surface area contributed by atoms with Crippen molar-refractivity contribution in [2.45, 2.75) is 49.1 Å². The van der Waals surface area contributed by atoms with Crippen LogP contribution in [0.15, 0.2) is 34.5 Å². The Morgan fingerprint density at radius 3 is 1.78 bits per heavy atom. The van der Waals surface area contributed by atoms with Gasteiger partial charge in [-0.1, -0.05) is 0 Å². The average molecular weight is 891 g/mol. The van der Waals surface area contributed by atoms with E-state index in [0.29, 0.717) is 4.57 Å². The van der Waals surface area contributed by atoms with Crippen molar-refractivity contribution in [1.82, 2.24) is 29.1 Å². The zero-order valence-electron chi connectivity index (χ0n) is 26.8. The van der Waals surface area contributed by atoms with E-state index in [1.54, 1.807) is 0 Å². The van der Waals surface area contributed by atoms with Gasteiger partial charge in [-0.05, 0) is 0 Å². The molecule has 2 aliphatic heterocycles. The number of nitrogen functional groups attached to an aromatic ring is 1. The monoisotopic (exact) mass is 891 g/mol. The highest BCUT2D eigenvalue weighted by molar-refractivity contribution is 7.77. The van der Waals surface area contributed by atoms with Gasteiger partial charge < -0.3 is 60.1 Å². The number of imidazole rings is 1. The first-order valence-corrected chi connectivity index (χ1v) is 22.6. The molecule has 3 aromatic heterocycles. The third-order valence-corrected chi connectivity index (χ3v) is 16.4. The summed E-state index contributed by atoms with van der Waals surface area (Å²) in [4.78, 5) is 86.4. The number of aliphatic hydroxyl groups excluding tert-OH is 4. The normalized spacial score (nSPS) is 31.3. The third kappa shape index (κ3) is 10.5. The van der Waals surface area contributed by atoms with E-state index in [4.69, 9.17) is 15.2 Å². The van der Waals surface area contributed by atoms with E-state index >= 15 is 0 Å². The van der Waals surface area contributed by atoms with Gasteiger partial charge in [0.2, 0.25) is 0 Å². The Bertz CT molecular complexity index is 2270. The molecule has 308 valence electrons. The summed E-state index contributed by atoms with van der Waals surface area (Å²) in [6, 6.07) is 0.861. The van der Waals surface area contributed by atoms with Gasteiger partial charge in [0.1, 0.15) is 48.5 Å². The molecule has 2 fully saturated rings. The molecule has 0 spiro atoms. The van der Waals surface area contributed by atoms with Gasteiger partial charge in [0.25, 0.3) is 5.56 Å². The summed E-state index contributed by atoms with van der Waals surface area (Å²) in [6.07, 6.45) is -10.8. The second kappa shape index (κ2) is 16.1. The van der Waals surface area contributed by atoms with E-state index in [1.165, 1.54) is 0 Å². The number of H-pyrrole nitrogens is 1. The Hall–Kier alpha value is -2.46. The molecule has 30 nitrogen and oxygen atoms in total. The minimum Gasteiger partial charge on any atom is -0.387 e. The Kier molecular flexibility index (Phi) is 12.7. The number of anilines is 1. The number of fused-ring (bicyclic) bond motifs is 1. The topological polar surface area (TPSA) is 457 Å². The van der Waals surface area contributed by atoms with E-state index in [1.807, 2.05) is 4.98 Å². The zero-order valence-corrected chi connectivity index (χ0v) is 31.3. The van der Waals surface area contributed by atoms with E-state index in [2.05, 4.69) is 36.9 Å². The molecule has 0 bridgehead atoms. The maximum atomic E-state index is 12.5. The van der Waals surface area contributed by atoms with Crippen molar-refractivity contribution < 1.29 is 99.2 Å². The van der Waals surface area contributed by atoms with E-state index in [-0.39, 0.29) is 17.0 Å². The van der Waals surface area contributed by atoms with Crippen LogP contribution < -0.4 is 17.0 Å². The van der Waals surface area contributed by atoms with Gasteiger partial charge in [-0.15, -0.1) is 0 Å². The fourth-order valence-corrected chi connectivity index (χ4v) is 13.2. The number of aromatic nitrogens is 6.